The van der Waals surface area contributed by atoms with E-state index in [0.29, 0.717) is 5.92 Å². The Morgan fingerprint density at radius 3 is 1.91 bits per heavy atom. The molecule has 0 heterocycles. The molecule has 1 fully saturated rings. The fourth-order valence-electron chi connectivity index (χ4n) is 1.97. The third-order valence-corrected chi connectivity index (χ3v) is 2.83. The van der Waals surface area contributed by atoms with Gasteiger partial charge in [-0.25, -0.2) is 0 Å². The smallest absolute Gasteiger partial charge is 0.0540 e. The molecule has 0 bridgehead atoms. The summed E-state index contributed by atoms with van der Waals surface area (Å²) in [6, 6.07) is 0. The van der Waals surface area contributed by atoms with Gasteiger partial charge in [0.25, 0.3) is 0 Å². The molecule has 0 aromatic heterocycles. The predicted octanol–water partition coefficient (Wildman–Crippen LogP) is 2.73. The molecule has 0 aliphatic heterocycles. The fourth-order valence-corrected chi connectivity index (χ4v) is 1.97. The highest BCUT2D eigenvalue weighted by Crippen LogP contribution is 2.24. The minimum Gasteiger partial charge on any atom is -0.393 e. The zero-order chi connectivity index (χ0) is 8.10. The number of rotatable bonds is 1. The van der Waals surface area contributed by atoms with E-state index in [1.54, 1.807) is 0 Å². The van der Waals surface area contributed by atoms with Crippen LogP contribution >= 0.6 is 0 Å². The van der Waals surface area contributed by atoms with Gasteiger partial charge in [0.05, 0.1) is 6.10 Å². The summed E-state index contributed by atoms with van der Waals surface area (Å²) >= 11 is 0. The van der Waals surface area contributed by atoms with E-state index in [1.165, 1.54) is 44.9 Å². The SMILES string of the molecule is C[C@H](O)C1CCCCCCC1. The summed E-state index contributed by atoms with van der Waals surface area (Å²) in [5, 5.41) is 9.39. The van der Waals surface area contributed by atoms with Gasteiger partial charge in [-0.15, -0.1) is 0 Å². The van der Waals surface area contributed by atoms with Gasteiger partial charge in [-0.05, 0) is 25.7 Å². The Morgan fingerprint density at radius 1 is 1.00 bits per heavy atom. The zero-order valence-corrected chi connectivity index (χ0v) is 7.55. The highest BCUT2D eigenvalue weighted by Gasteiger charge is 2.15. The van der Waals surface area contributed by atoms with Crippen molar-refractivity contribution in [3.63, 3.8) is 0 Å². The van der Waals surface area contributed by atoms with Crippen molar-refractivity contribution >= 4 is 0 Å². The summed E-state index contributed by atoms with van der Waals surface area (Å²) in [7, 11) is 0. The number of aliphatic hydroxyl groups excluding tert-OH is 1. The van der Waals surface area contributed by atoms with Crippen molar-refractivity contribution in [3.05, 3.63) is 0 Å². The first-order valence-corrected chi connectivity index (χ1v) is 4.99. The molecular weight excluding hydrogens is 136 g/mol. The Labute approximate surface area is 69.8 Å². The second kappa shape index (κ2) is 4.76. The molecule has 1 N–H and O–H groups in total. The third-order valence-electron chi connectivity index (χ3n) is 2.83. The first-order chi connectivity index (χ1) is 5.30. The van der Waals surface area contributed by atoms with Gasteiger partial charge in [0.1, 0.15) is 0 Å². The molecule has 1 heteroatoms. The predicted molar refractivity (Wildman–Crippen MR) is 47.5 cm³/mol. The van der Waals surface area contributed by atoms with Gasteiger partial charge in [0, 0.05) is 0 Å². The molecule has 11 heavy (non-hydrogen) atoms. The average Bonchev–Trinajstić information content (AvgIpc) is 1.84. The van der Waals surface area contributed by atoms with Gasteiger partial charge in [0.15, 0.2) is 0 Å². The maximum atomic E-state index is 9.39. The highest BCUT2D eigenvalue weighted by atomic mass is 16.3. The van der Waals surface area contributed by atoms with E-state index in [9.17, 15) is 5.11 Å². The van der Waals surface area contributed by atoms with Gasteiger partial charge in [0.2, 0.25) is 0 Å². The van der Waals surface area contributed by atoms with E-state index in [1.807, 2.05) is 6.92 Å². The average molecular weight is 156 g/mol. The maximum absolute atomic E-state index is 9.39. The van der Waals surface area contributed by atoms with Crippen molar-refractivity contribution in [2.75, 3.05) is 0 Å². The van der Waals surface area contributed by atoms with E-state index in [0.717, 1.165) is 0 Å². The van der Waals surface area contributed by atoms with Crippen LogP contribution in [0.3, 0.4) is 0 Å². The lowest BCUT2D eigenvalue weighted by Gasteiger charge is -2.21. The van der Waals surface area contributed by atoms with Crippen LogP contribution in [0.2, 0.25) is 0 Å². The first kappa shape index (κ1) is 9.05. The van der Waals surface area contributed by atoms with E-state index in [-0.39, 0.29) is 6.10 Å². The lowest BCUT2D eigenvalue weighted by Crippen LogP contribution is -2.17. The molecular formula is C10H20O. The lowest BCUT2D eigenvalue weighted by molar-refractivity contribution is 0.108. The van der Waals surface area contributed by atoms with Crippen LogP contribution in [0.25, 0.3) is 0 Å². The zero-order valence-electron chi connectivity index (χ0n) is 7.55. The second-order valence-corrected chi connectivity index (χ2v) is 3.85. The number of aliphatic hydroxyl groups is 1. The molecule has 1 nitrogen and oxygen atoms in total. The van der Waals surface area contributed by atoms with Crippen molar-refractivity contribution in [1.82, 2.24) is 0 Å². The largest absolute Gasteiger partial charge is 0.393 e. The van der Waals surface area contributed by atoms with Crippen molar-refractivity contribution in [1.29, 1.82) is 0 Å². The first-order valence-electron chi connectivity index (χ1n) is 4.99. The molecule has 0 aromatic rings. The summed E-state index contributed by atoms with van der Waals surface area (Å²) in [6.07, 6.45) is 9.24. The maximum Gasteiger partial charge on any atom is 0.0540 e. The third kappa shape index (κ3) is 3.24. The highest BCUT2D eigenvalue weighted by molar-refractivity contribution is 4.67. The molecule has 0 spiro atoms. The summed E-state index contributed by atoms with van der Waals surface area (Å²) < 4.78 is 0. The van der Waals surface area contributed by atoms with Crippen LogP contribution in [0.1, 0.15) is 51.9 Å². The van der Waals surface area contributed by atoms with Crippen LogP contribution in [0.15, 0.2) is 0 Å². The number of hydrogen-bond donors (Lipinski definition) is 1. The second-order valence-electron chi connectivity index (χ2n) is 3.85. The molecule has 1 atom stereocenters. The summed E-state index contributed by atoms with van der Waals surface area (Å²) in [6.45, 7) is 1.94. The Balaban J connectivity index is 2.26. The van der Waals surface area contributed by atoms with Crippen molar-refractivity contribution < 1.29 is 5.11 Å². The Kier molecular flexibility index (Phi) is 3.92. The van der Waals surface area contributed by atoms with Crippen molar-refractivity contribution in [2.45, 2.75) is 58.0 Å². The minimum absolute atomic E-state index is 0.0758. The van der Waals surface area contributed by atoms with Crippen LogP contribution in [-0.2, 0) is 0 Å². The monoisotopic (exact) mass is 156 g/mol. The summed E-state index contributed by atoms with van der Waals surface area (Å²) in [4.78, 5) is 0. The molecule has 0 unspecified atom stereocenters. The Morgan fingerprint density at radius 2 is 1.45 bits per heavy atom. The van der Waals surface area contributed by atoms with E-state index >= 15 is 0 Å². The molecule has 1 saturated carbocycles. The summed E-state index contributed by atoms with van der Waals surface area (Å²) in [5.41, 5.74) is 0. The van der Waals surface area contributed by atoms with Gasteiger partial charge in [-0.2, -0.15) is 0 Å². The van der Waals surface area contributed by atoms with E-state index in [4.69, 9.17) is 0 Å². The van der Waals surface area contributed by atoms with Crippen molar-refractivity contribution in [2.24, 2.45) is 5.92 Å². The Hall–Kier alpha value is -0.0400. The van der Waals surface area contributed by atoms with Crippen LogP contribution in [0.4, 0.5) is 0 Å². The molecule has 0 aromatic carbocycles. The van der Waals surface area contributed by atoms with Gasteiger partial charge < -0.3 is 5.11 Å². The quantitative estimate of drug-likeness (QED) is 0.619. The molecule has 1 aliphatic carbocycles. The molecule has 0 radical (unpaired) electrons. The topological polar surface area (TPSA) is 20.2 Å². The molecule has 0 amide bonds. The van der Waals surface area contributed by atoms with E-state index < -0.39 is 0 Å². The molecule has 1 rings (SSSR count). The van der Waals surface area contributed by atoms with Crippen LogP contribution in [0, 0.1) is 5.92 Å². The number of hydrogen-bond acceptors (Lipinski definition) is 1. The van der Waals surface area contributed by atoms with Gasteiger partial charge in [-0.3, -0.25) is 0 Å². The molecule has 66 valence electrons. The van der Waals surface area contributed by atoms with E-state index in [2.05, 4.69) is 0 Å². The normalized spacial score (nSPS) is 25.6. The van der Waals surface area contributed by atoms with Crippen LogP contribution < -0.4 is 0 Å². The van der Waals surface area contributed by atoms with Crippen LogP contribution in [0.5, 0.6) is 0 Å². The Bertz CT molecular complexity index is 91.0. The minimum atomic E-state index is -0.0758. The molecule has 1 aliphatic rings. The van der Waals surface area contributed by atoms with Gasteiger partial charge in [-0.1, -0.05) is 32.1 Å². The standard InChI is InChI=1S/C10H20O/c1-9(11)10-7-5-3-2-4-6-8-10/h9-11H,2-8H2,1H3/t9-/m0/s1. The van der Waals surface area contributed by atoms with Gasteiger partial charge >= 0.3 is 0 Å². The fraction of sp³-hybridized carbons (Fsp3) is 1.00. The lowest BCUT2D eigenvalue weighted by atomic mass is 9.88. The van der Waals surface area contributed by atoms with Crippen molar-refractivity contribution in [3.8, 4) is 0 Å². The molecule has 0 saturated heterocycles. The summed E-state index contributed by atoms with van der Waals surface area (Å²) in [5.74, 6) is 0.593. The van der Waals surface area contributed by atoms with Crippen LogP contribution in [-0.4, -0.2) is 11.2 Å².